The van der Waals surface area contributed by atoms with Crippen molar-refractivity contribution in [1.82, 2.24) is 41.5 Å². The van der Waals surface area contributed by atoms with Gasteiger partial charge in [0.15, 0.2) is 48.6 Å². The van der Waals surface area contributed by atoms with Crippen molar-refractivity contribution in [2.75, 3.05) is 0 Å². The van der Waals surface area contributed by atoms with E-state index in [2.05, 4.69) is 73.6 Å². The Kier molecular flexibility index (Phi) is 36.8. The number of hydrogen-bond donors (Lipinski definition) is 10. The molecular formula is C74H97Cl5N14O20. The molecule has 4 aliphatic heterocycles. The third-order valence-electron chi connectivity index (χ3n) is 16.0. The lowest BCUT2D eigenvalue weighted by Crippen LogP contribution is -3.00. The summed E-state index contributed by atoms with van der Waals surface area (Å²) >= 11 is 23.3. The Hall–Kier alpha value is -9.97. The quantitative estimate of drug-likeness (QED) is 0.0275. The number of nitrogens with one attached hydrogen (secondary N) is 8. The predicted molar refractivity (Wildman–Crippen MR) is 413 cm³/mol. The van der Waals surface area contributed by atoms with Gasteiger partial charge in [0, 0.05) is 103 Å². The van der Waals surface area contributed by atoms with Crippen LogP contribution in [0.25, 0.3) is 32.7 Å². The van der Waals surface area contributed by atoms with Gasteiger partial charge in [0.25, 0.3) is 5.91 Å². The molecule has 5 amide bonds. The lowest BCUT2D eigenvalue weighted by Gasteiger charge is -2.26. The predicted octanol–water partition coefficient (Wildman–Crippen LogP) is 2.12. The van der Waals surface area contributed by atoms with E-state index in [4.69, 9.17) is 99.3 Å². The van der Waals surface area contributed by atoms with E-state index in [1.165, 1.54) is 6.92 Å². The zero-order valence-electron chi connectivity index (χ0n) is 64.5. The molecule has 0 bridgehead atoms. The zero-order valence-corrected chi connectivity index (χ0v) is 68.3. The average Bonchev–Trinajstić information content (AvgIpc) is 1.70. The molecule has 3 aromatic heterocycles. The van der Waals surface area contributed by atoms with E-state index in [0.717, 1.165) is 56.3 Å². The van der Waals surface area contributed by atoms with Crippen LogP contribution in [-0.4, -0.2) is 192 Å². The van der Waals surface area contributed by atoms with E-state index >= 15 is 0 Å². The van der Waals surface area contributed by atoms with Crippen LogP contribution in [0.3, 0.4) is 0 Å². The summed E-state index contributed by atoms with van der Waals surface area (Å²) in [6.45, 7) is 21.3. The molecule has 0 fully saturated rings. The number of ether oxygens (including phenoxy) is 5. The van der Waals surface area contributed by atoms with Gasteiger partial charge < -0.3 is 118 Å². The first kappa shape index (κ1) is 93.6. The highest BCUT2D eigenvalue weighted by molar-refractivity contribution is 6.66. The summed E-state index contributed by atoms with van der Waals surface area (Å²) in [7, 11) is 0. The second-order valence-electron chi connectivity index (χ2n) is 28.1. The van der Waals surface area contributed by atoms with Gasteiger partial charge >= 0.3 is 30.0 Å². The molecule has 34 nitrogen and oxygen atoms in total. The third-order valence-corrected chi connectivity index (χ3v) is 16.9. The number of carboxylic acid groups (broad SMARTS) is 1. The lowest BCUT2D eigenvalue weighted by atomic mass is 10.0. The molecule has 0 radical (unpaired) electrons. The normalized spacial score (nSPS) is 17.8. The van der Waals surface area contributed by atoms with Crippen LogP contribution in [0.5, 0.6) is 0 Å². The number of para-hydroxylation sites is 3. The molecule has 6 aromatic rings. The van der Waals surface area contributed by atoms with Crippen molar-refractivity contribution in [2.24, 2.45) is 20.6 Å². The standard InChI is InChI=1S/C24H31ClN4O6.C21H25ClN4O5.C19H23ClN4O4.C8H13ClN2O3.C2H4O2.ClH/c1-13(2)33-22(31)20(18-11-19(25)29-35-18)28-21(30)17(27-23(32)34-24(3,4)5)10-14-12-26-16-9-7-6-8-15(14)16;1-11(2)30-21(29)19(17-9-18(22)26-31-17)25-20(28)16(24-12(3)27)8-13-10-23-15-7-5-4-6-14(13)15;1-10(2)27-19(26)17(15-8-16(20)24-28-15)23-18(25)13(21)7-11-9-22-14-6-4-3-5-12(11)14;1-4(2)13-8(12)7(10)5-3-6(9)11-14-5;1-2(3)4;/h6-9,12-13,17-18,20,26H,10-11H2,1-5H3,(H,27,32)(H,28,30);4-7,10-11,16-17,19,23H,8-9H2,1-3H3,(H,24,27)(H,25,28);3-6,9-10,13,15,17,22H,7-8,21H2,1-2H3,(H,23,25);4-5,7H,3,10H2,1-2H3;1H3,(H,3,4);1H/t17-,18+,20+;16-,17+,19+;13-,15+,17+;5-,7-;;/m1110../s1. The van der Waals surface area contributed by atoms with Crippen LogP contribution in [0.4, 0.5) is 4.79 Å². The number of aromatic nitrogens is 3. The molecule has 0 spiro atoms. The van der Waals surface area contributed by atoms with E-state index in [1.54, 1.807) is 88.6 Å². The number of alkyl carbamates (subject to hydrolysis) is 1. The van der Waals surface area contributed by atoms with Crippen molar-refractivity contribution >= 4 is 159 Å². The molecular weight excluding hydrogens is 1580 g/mol. The minimum absolute atomic E-state index is 0. The van der Waals surface area contributed by atoms with E-state index < -0.39 is 120 Å². The maximum Gasteiger partial charge on any atom is 0.408 e. The summed E-state index contributed by atoms with van der Waals surface area (Å²) in [6.07, 6.45) is 2.39. The van der Waals surface area contributed by atoms with Crippen LogP contribution in [0.15, 0.2) is 112 Å². The first-order valence-electron chi connectivity index (χ1n) is 35.8. The number of rotatable bonds is 26. The number of carbonyl (C=O) groups is 10. The smallest absolute Gasteiger partial charge is 0.408 e. The monoisotopic (exact) mass is 1680 g/mol. The average molecular weight is 1680 g/mol. The number of carboxylic acids is 1. The molecule has 14 N–H and O–H groups in total. The SMILES string of the molecule is CC(=O)N[C@H](Cc1c[nH]c2ccccc12)C(=O)N[C@H](C(=O)OC(C)C)[C@@H]1CC(Cl)=NO1.CC(=O)[O-].CC(C)OC(=O)[C@@H](NC(=O)[C@@H](Cc1c[nH]c2ccccc12)NC(=O)OC(C)(C)C)[C@@H]1CC(Cl)=NO1.CC(C)OC(=O)[C@@H](NC(=O)[C@H]([NH3+])Cc1c[nH]c2ccccc12)[C@@H]1CC(Cl)=NO1.CC(C)OC(=O)[C@@H]([NH3+])[C@@H]1CC(Cl)=NO1.[Cl-]. The van der Waals surface area contributed by atoms with Crippen molar-refractivity contribution < 1.29 is 120 Å². The van der Waals surface area contributed by atoms with Gasteiger partial charge in [-0.2, -0.15) is 0 Å². The molecule has 39 heteroatoms. The first-order chi connectivity index (χ1) is 52.7. The fraction of sp³-hybridized carbons (Fsp3) is 0.486. The second-order valence-corrected chi connectivity index (χ2v) is 29.8. The number of hydrogen-bond acceptors (Lipinski definition) is 24. The summed E-state index contributed by atoms with van der Waals surface area (Å²) in [5.74, 6) is -5.31. The summed E-state index contributed by atoms with van der Waals surface area (Å²) in [5, 5.41) is 40.6. The Morgan fingerprint density at radius 3 is 1.06 bits per heavy atom. The third kappa shape index (κ3) is 30.5. The van der Waals surface area contributed by atoms with Gasteiger partial charge in [-0.1, -0.05) is 122 Å². The summed E-state index contributed by atoms with van der Waals surface area (Å²) < 4.78 is 26.2. The minimum atomic E-state index is -1.18. The number of esters is 4. The summed E-state index contributed by atoms with van der Waals surface area (Å²) in [6, 6.07) is 16.6. The number of aromatic amines is 3. The second kappa shape index (κ2) is 44.5. The number of fused-ring (bicyclic) bond motifs is 3. The largest absolute Gasteiger partial charge is 1.00 e. The van der Waals surface area contributed by atoms with E-state index in [0.29, 0.717) is 18.0 Å². The highest BCUT2D eigenvalue weighted by atomic mass is 35.5. The zero-order chi connectivity index (χ0) is 82.8. The van der Waals surface area contributed by atoms with Gasteiger partial charge in [-0.3, -0.25) is 19.2 Å². The van der Waals surface area contributed by atoms with Gasteiger partial charge in [0.1, 0.15) is 38.4 Å². The fourth-order valence-electron chi connectivity index (χ4n) is 11.1. The Bertz CT molecular complexity index is 4380. The Balaban J connectivity index is 0.000000273. The van der Waals surface area contributed by atoms with Crippen molar-refractivity contribution in [1.29, 1.82) is 0 Å². The van der Waals surface area contributed by atoms with Gasteiger partial charge in [0.2, 0.25) is 23.8 Å². The summed E-state index contributed by atoms with van der Waals surface area (Å²) in [4.78, 5) is 152. The van der Waals surface area contributed by atoms with Crippen molar-refractivity contribution in [3.8, 4) is 0 Å². The Morgan fingerprint density at radius 1 is 0.469 bits per heavy atom. The first-order valence-corrected chi connectivity index (χ1v) is 37.3. The van der Waals surface area contributed by atoms with Gasteiger partial charge in [0.05, 0.1) is 30.8 Å². The van der Waals surface area contributed by atoms with Crippen molar-refractivity contribution in [3.63, 3.8) is 0 Å². The van der Waals surface area contributed by atoms with Crippen LogP contribution in [0.2, 0.25) is 0 Å². The lowest BCUT2D eigenvalue weighted by molar-refractivity contribution is -0.426. The van der Waals surface area contributed by atoms with Gasteiger partial charge in [-0.25, -0.2) is 24.0 Å². The van der Waals surface area contributed by atoms with E-state index in [-0.39, 0.29) is 96.1 Å². The van der Waals surface area contributed by atoms with Crippen LogP contribution < -0.4 is 55.6 Å². The molecule has 7 heterocycles. The van der Waals surface area contributed by atoms with E-state index in [1.807, 2.05) is 79.0 Å². The number of benzene rings is 3. The molecule has 3 aromatic carbocycles. The van der Waals surface area contributed by atoms with Crippen molar-refractivity contribution in [2.45, 2.75) is 232 Å². The highest BCUT2D eigenvalue weighted by Crippen LogP contribution is 2.26. The number of nitrogens with zero attached hydrogens (tertiary/aromatic N) is 4. The molecule has 0 saturated heterocycles. The van der Waals surface area contributed by atoms with Gasteiger partial charge in [-0.15, -0.1) is 0 Å². The highest BCUT2D eigenvalue weighted by Gasteiger charge is 2.43. The van der Waals surface area contributed by atoms with Crippen molar-refractivity contribution in [3.05, 3.63) is 108 Å². The Labute approximate surface area is 677 Å². The minimum Gasteiger partial charge on any atom is -1.00 e. The molecule has 113 heavy (non-hydrogen) atoms. The molecule has 618 valence electrons. The molecule has 0 saturated carbocycles. The molecule has 11 atom stereocenters. The van der Waals surface area contributed by atoms with Gasteiger partial charge in [-0.05, 0) is 118 Å². The molecule has 10 rings (SSSR count). The number of aliphatic carboxylic acids is 1. The van der Waals surface area contributed by atoms with Crippen LogP contribution in [0.1, 0.15) is 132 Å². The van der Waals surface area contributed by atoms with Crippen LogP contribution in [-0.2, 0) is 105 Å². The fourth-order valence-corrected chi connectivity index (χ4v) is 11.9. The topological polar surface area (TPSA) is 489 Å². The molecule has 0 unspecified atom stereocenters. The number of oxime groups is 4. The van der Waals surface area contributed by atoms with Crippen LogP contribution >= 0.6 is 46.4 Å². The number of halogens is 5. The number of carbonyl (C=O) groups excluding carboxylic acids is 10. The molecule has 4 aliphatic rings. The van der Waals surface area contributed by atoms with E-state index in [9.17, 15) is 43.2 Å². The maximum atomic E-state index is 13.4. The number of H-pyrrole nitrogens is 3. The Morgan fingerprint density at radius 2 is 0.761 bits per heavy atom. The van der Waals surface area contributed by atoms with Crippen LogP contribution in [0, 0.1) is 0 Å². The molecule has 0 aliphatic carbocycles. The number of amides is 5. The number of quaternary nitrogens is 2. The maximum absolute atomic E-state index is 13.4. The summed E-state index contributed by atoms with van der Waals surface area (Å²) in [5.41, 5.74) is 12.3.